The summed E-state index contributed by atoms with van der Waals surface area (Å²) in [6.45, 7) is 1.59. The molecule has 0 N–H and O–H groups in total. The molecular formula is C12H12O4. The van der Waals surface area contributed by atoms with Crippen molar-refractivity contribution in [2.45, 2.75) is 25.6 Å². The molecule has 1 aromatic rings. The SMILES string of the molecule is CC1(Cc2ccccc2)OC(=O)CC(=O)O1. The molecule has 84 valence electrons. The number of hydrogen-bond donors (Lipinski definition) is 0. The Labute approximate surface area is 93.2 Å². The number of benzene rings is 1. The molecule has 4 nitrogen and oxygen atoms in total. The average Bonchev–Trinajstić information content (AvgIpc) is 2.15. The zero-order chi connectivity index (χ0) is 11.6. The quantitative estimate of drug-likeness (QED) is 0.559. The van der Waals surface area contributed by atoms with Gasteiger partial charge in [0.2, 0.25) is 0 Å². The van der Waals surface area contributed by atoms with E-state index in [-0.39, 0.29) is 6.42 Å². The van der Waals surface area contributed by atoms with Crippen LogP contribution in [-0.2, 0) is 25.5 Å². The third-order valence-corrected chi connectivity index (χ3v) is 2.32. The van der Waals surface area contributed by atoms with Crippen molar-refractivity contribution in [1.29, 1.82) is 0 Å². The van der Waals surface area contributed by atoms with Crippen molar-refractivity contribution in [2.75, 3.05) is 0 Å². The Kier molecular flexibility index (Phi) is 2.64. The molecule has 0 aromatic heterocycles. The second-order valence-corrected chi connectivity index (χ2v) is 3.92. The smallest absolute Gasteiger partial charge is 0.320 e. The molecule has 1 aliphatic rings. The third-order valence-electron chi connectivity index (χ3n) is 2.32. The Balaban J connectivity index is 2.13. The van der Waals surface area contributed by atoms with Gasteiger partial charge in [-0.1, -0.05) is 30.3 Å². The zero-order valence-corrected chi connectivity index (χ0v) is 8.93. The van der Waals surface area contributed by atoms with E-state index in [1.165, 1.54) is 0 Å². The van der Waals surface area contributed by atoms with E-state index in [1.807, 2.05) is 30.3 Å². The first-order valence-electron chi connectivity index (χ1n) is 5.05. The van der Waals surface area contributed by atoms with Crippen LogP contribution >= 0.6 is 0 Å². The summed E-state index contributed by atoms with van der Waals surface area (Å²) in [5, 5.41) is 0. The fourth-order valence-electron chi connectivity index (χ4n) is 1.73. The fraction of sp³-hybridized carbons (Fsp3) is 0.333. The number of carbonyl (C=O) groups is 2. The van der Waals surface area contributed by atoms with Crippen LogP contribution in [0, 0.1) is 0 Å². The molecule has 0 bridgehead atoms. The fourth-order valence-corrected chi connectivity index (χ4v) is 1.73. The summed E-state index contributed by atoms with van der Waals surface area (Å²) in [4.78, 5) is 22.3. The second-order valence-electron chi connectivity index (χ2n) is 3.92. The number of cyclic esters (lactones) is 2. The van der Waals surface area contributed by atoms with Gasteiger partial charge in [-0.05, 0) is 5.56 Å². The summed E-state index contributed by atoms with van der Waals surface area (Å²) < 4.78 is 10.1. The molecule has 0 saturated carbocycles. The summed E-state index contributed by atoms with van der Waals surface area (Å²) in [7, 11) is 0. The molecule has 1 heterocycles. The monoisotopic (exact) mass is 220 g/mol. The molecule has 0 atom stereocenters. The van der Waals surface area contributed by atoms with Gasteiger partial charge in [0.1, 0.15) is 6.42 Å². The summed E-state index contributed by atoms with van der Waals surface area (Å²) in [6.07, 6.45) is 0.0652. The van der Waals surface area contributed by atoms with E-state index >= 15 is 0 Å². The Bertz CT molecular complexity index is 394. The van der Waals surface area contributed by atoms with Gasteiger partial charge < -0.3 is 9.47 Å². The standard InChI is InChI=1S/C12H12O4/c1-12(8-9-5-3-2-4-6-9)15-10(13)7-11(14)16-12/h2-6H,7-8H2,1H3. The number of rotatable bonds is 2. The van der Waals surface area contributed by atoms with Crippen molar-refractivity contribution >= 4 is 11.9 Å². The normalized spacial score (nSPS) is 18.8. The lowest BCUT2D eigenvalue weighted by Gasteiger charge is -2.32. The van der Waals surface area contributed by atoms with Gasteiger partial charge in [-0.25, -0.2) is 0 Å². The lowest BCUT2D eigenvalue weighted by atomic mass is 10.1. The molecule has 1 aromatic carbocycles. The molecule has 1 fully saturated rings. The van der Waals surface area contributed by atoms with Crippen LogP contribution in [0.15, 0.2) is 30.3 Å². The van der Waals surface area contributed by atoms with Crippen LogP contribution in [0.5, 0.6) is 0 Å². The first kappa shape index (κ1) is 10.7. The molecule has 2 rings (SSSR count). The van der Waals surface area contributed by atoms with Gasteiger partial charge in [-0.2, -0.15) is 0 Å². The van der Waals surface area contributed by atoms with E-state index in [0.717, 1.165) is 5.56 Å². The number of esters is 2. The summed E-state index contributed by atoms with van der Waals surface area (Å²) >= 11 is 0. The van der Waals surface area contributed by atoms with Gasteiger partial charge in [0, 0.05) is 13.3 Å². The van der Waals surface area contributed by atoms with Crippen molar-refractivity contribution in [1.82, 2.24) is 0 Å². The van der Waals surface area contributed by atoms with E-state index in [9.17, 15) is 9.59 Å². The molecule has 0 unspecified atom stereocenters. The maximum absolute atomic E-state index is 11.2. The van der Waals surface area contributed by atoms with Gasteiger partial charge in [-0.15, -0.1) is 0 Å². The molecule has 0 spiro atoms. The van der Waals surface area contributed by atoms with Crippen molar-refractivity contribution in [3.63, 3.8) is 0 Å². The van der Waals surface area contributed by atoms with E-state index in [0.29, 0.717) is 6.42 Å². The predicted octanol–water partition coefficient (Wildman–Crippen LogP) is 1.44. The van der Waals surface area contributed by atoms with Gasteiger partial charge in [-0.3, -0.25) is 9.59 Å². The summed E-state index contributed by atoms with van der Waals surface area (Å²) in [6, 6.07) is 9.43. The highest BCUT2D eigenvalue weighted by molar-refractivity contribution is 5.93. The molecule has 0 amide bonds. The number of ether oxygens (including phenoxy) is 2. The van der Waals surface area contributed by atoms with Crippen molar-refractivity contribution in [3.8, 4) is 0 Å². The molecule has 1 saturated heterocycles. The van der Waals surface area contributed by atoms with Crippen molar-refractivity contribution < 1.29 is 19.1 Å². The van der Waals surface area contributed by atoms with E-state index in [2.05, 4.69) is 0 Å². The van der Waals surface area contributed by atoms with Gasteiger partial charge in [0.05, 0.1) is 0 Å². The van der Waals surface area contributed by atoms with Crippen LogP contribution in [0.1, 0.15) is 18.9 Å². The highest BCUT2D eigenvalue weighted by Gasteiger charge is 2.38. The highest BCUT2D eigenvalue weighted by Crippen LogP contribution is 2.24. The number of carbonyl (C=O) groups excluding carboxylic acids is 2. The third kappa shape index (κ3) is 2.39. The maximum Gasteiger partial charge on any atom is 0.320 e. The molecule has 4 heteroatoms. The minimum absolute atomic E-state index is 0.301. The Hall–Kier alpha value is -1.84. The predicted molar refractivity (Wildman–Crippen MR) is 55.4 cm³/mol. The van der Waals surface area contributed by atoms with Crippen LogP contribution in [0.25, 0.3) is 0 Å². The Morgan fingerprint density at radius 2 is 1.69 bits per heavy atom. The topological polar surface area (TPSA) is 52.6 Å². The van der Waals surface area contributed by atoms with Gasteiger partial charge in [0.25, 0.3) is 5.79 Å². The average molecular weight is 220 g/mol. The lowest BCUT2D eigenvalue weighted by Crippen LogP contribution is -2.44. The minimum Gasteiger partial charge on any atom is -0.422 e. The Morgan fingerprint density at radius 3 is 2.25 bits per heavy atom. The van der Waals surface area contributed by atoms with Crippen molar-refractivity contribution in [2.24, 2.45) is 0 Å². The highest BCUT2D eigenvalue weighted by atomic mass is 16.7. The number of hydrogen-bond acceptors (Lipinski definition) is 4. The largest absolute Gasteiger partial charge is 0.422 e. The van der Waals surface area contributed by atoms with Crippen LogP contribution in [0.2, 0.25) is 0 Å². The summed E-state index contributed by atoms with van der Waals surface area (Å²) in [5.41, 5.74) is 0.951. The Morgan fingerprint density at radius 1 is 1.12 bits per heavy atom. The second kappa shape index (κ2) is 3.96. The molecular weight excluding hydrogens is 208 g/mol. The lowest BCUT2D eigenvalue weighted by molar-refractivity contribution is -0.237. The maximum atomic E-state index is 11.2. The molecule has 0 radical (unpaired) electrons. The molecule has 0 aliphatic carbocycles. The summed E-state index contributed by atoms with van der Waals surface area (Å²) in [5.74, 6) is -2.24. The zero-order valence-electron chi connectivity index (χ0n) is 8.93. The van der Waals surface area contributed by atoms with Crippen molar-refractivity contribution in [3.05, 3.63) is 35.9 Å². The van der Waals surface area contributed by atoms with Gasteiger partial charge >= 0.3 is 11.9 Å². The van der Waals surface area contributed by atoms with E-state index in [4.69, 9.17) is 9.47 Å². The first-order chi connectivity index (χ1) is 7.57. The van der Waals surface area contributed by atoms with E-state index in [1.54, 1.807) is 6.92 Å². The van der Waals surface area contributed by atoms with Crippen LogP contribution in [-0.4, -0.2) is 17.7 Å². The van der Waals surface area contributed by atoms with Crippen LogP contribution in [0.4, 0.5) is 0 Å². The molecule has 1 aliphatic heterocycles. The minimum atomic E-state index is -1.17. The molecule has 16 heavy (non-hydrogen) atoms. The van der Waals surface area contributed by atoms with Crippen LogP contribution in [0.3, 0.4) is 0 Å². The van der Waals surface area contributed by atoms with Gasteiger partial charge in [0.15, 0.2) is 0 Å². The van der Waals surface area contributed by atoms with E-state index < -0.39 is 17.7 Å². The van der Waals surface area contributed by atoms with Crippen LogP contribution < -0.4 is 0 Å². The first-order valence-corrected chi connectivity index (χ1v) is 5.05.